The Labute approximate surface area is 119 Å². The fraction of sp³-hybridized carbons (Fsp3) is 0.167. The Hall–Kier alpha value is -0.840. The Kier molecular flexibility index (Phi) is 4.43. The van der Waals surface area contributed by atoms with Crippen LogP contribution < -0.4 is 0 Å². The molecule has 0 unspecified atom stereocenters. The van der Waals surface area contributed by atoms with Crippen LogP contribution in [-0.4, -0.2) is 9.97 Å². The van der Waals surface area contributed by atoms with E-state index in [9.17, 15) is 4.39 Å². The Bertz CT molecular complexity index is 555. The molecule has 2 rings (SSSR count). The molecular formula is C12H9Cl2FN2S. The fourth-order valence-electron chi connectivity index (χ4n) is 1.27. The van der Waals surface area contributed by atoms with Gasteiger partial charge < -0.3 is 0 Å². The van der Waals surface area contributed by atoms with E-state index in [1.165, 1.54) is 17.8 Å². The van der Waals surface area contributed by atoms with Crippen LogP contribution >= 0.6 is 35.0 Å². The molecule has 18 heavy (non-hydrogen) atoms. The Morgan fingerprint density at radius 2 is 1.78 bits per heavy atom. The molecule has 0 radical (unpaired) electrons. The molecule has 1 aromatic carbocycles. The normalized spacial score (nSPS) is 10.7. The van der Waals surface area contributed by atoms with Gasteiger partial charge in [-0.25, -0.2) is 14.4 Å². The van der Waals surface area contributed by atoms with Crippen molar-refractivity contribution in [3.05, 3.63) is 51.8 Å². The topological polar surface area (TPSA) is 25.8 Å². The van der Waals surface area contributed by atoms with Gasteiger partial charge in [0.15, 0.2) is 0 Å². The van der Waals surface area contributed by atoms with Gasteiger partial charge in [-0.05, 0) is 19.1 Å². The molecule has 0 N–H and O–H groups in total. The molecular weight excluding hydrogens is 294 g/mol. The van der Waals surface area contributed by atoms with Gasteiger partial charge in [-0.1, -0.05) is 35.3 Å². The molecule has 0 amide bonds. The maximum Gasteiger partial charge on any atom is 0.142 e. The molecule has 0 aliphatic heterocycles. The van der Waals surface area contributed by atoms with Crippen molar-refractivity contribution in [3.63, 3.8) is 0 Å². The number of hydrogen-bond acceptors (Lipinski definition) is 3. The summed E-state index contributed by atoms with van der Waals surface area (Å²) in [5, 5.41) is 0.665. The van der Waals surface area contributed by atoms with E-state index in [1.807, 2.05) is 0 Å². The highest BCUT2D eigenvalue weighted by molar-refractivity contribution is 7.98. The van der Waals surface area contributed by atoms with E-state index in [0.717, 1.165) is 0 Å². The number of hydrogen-bond donors (Lipinski definition) is 0. The minimum atomic E-state index is -0.258. The zero-order valence-corrected chi connectivity index (χ0v) is 11.8. The van der Waals surface area contributed by atoms with Gasteiger partial charge in [0.1, 0.15) is 21.9 Å². The van der Waals surface area contributed by atoms with Gasteiger partial charge in [0.05, 0.1) is 5.75 Å². The van der Waals surface area contributed by atoms with E-state index in [1.54, 1.807) is 25.1 Å². The number of thioether (sulfide) groups is 1. The summed E-state index contributed by atoms with van der Waals surface area (Å²) in [4.78, 5) is 8.76. The lowest BCUT2D eigenvalue weighted by atomic mass is 10.3. The second-order valence-electron chi connectivity index (χ2n) is 3.57. The summed E-state index contributed by atoms with van der Waals surface area (Å²) in [6, 6.07) is 6.55. The number of rotatable bonds is 3. The van der Waals surface area contributed by atoms with Crippen molar-refractivity contribution in [3.8, 4) is 0 Å². The van der Waals surface area contributed by atoms with E-state index in [2.05, 4.69) is 9.97 Å². The van der Waals surface area contributed by atoms with Crippen LogP contribution in [0.15, 0.2) is 29.2 Å². The maximum atomic E-state index is 13.4. The summed E-state index contributed by atoms with van der Waals surface area (Å²) in [6.07, 6.45) is 0. The minimum absolute atomic E-state index is 0.258. The summed E-state index contributed by atoms with van der Waals surface area (Å²) < 4.78 is 13.4. The highest BCUT2D eigenvalue weighted by Crippen LogP contribution is 2.26. The summed E-state index contributed by atoms with van der Waals surface area (Å²) in [6.45, 7) is 1.75. The van der Waals surface area contributed by atoms with Gasteiger partial charge in [-0.2, -0.15) is 0 Å². The van der Waals surface area contributed by atoms with Gasteiger partial charge in [0.25, 0.3) is 0 Å². The van der Waals surface area contributed by atoms with Crippen LogP contribution in [0.4, 0.5) is 4.39 Å². The molecule has 0 saturated heterocycles. The molecule has 0 aliphatic rings. The van der Waals surface area contributed by atoms with Crippen LogP contribution in [-0.2, 0) is 5.75 Å². The van der Waals surface area contributed by atoms with Crippen LogP contribution in [0.5, 0.6) is 0 Å². The van der Waals surface area contributed by atoms with Crippen LogP contribution in [0.1, 0.15) is 11.4 Å². The first-order valence-corrected chi connectivity index (χ1v) is 6.88. The highest BCUT2D eigenvalue weighted by atomic mass is 35.5. The SMILES string of the molecule is Cc1c(Cl)nc(CSc2ccccc2F)nc1Cl. The molecule has 6 heteroatoms. The third kappa shape index (κ3) is 3.13. The third-order valence-electron chi connectivity index (χ3n) is 2.27. The predicted octanol–water partition coefficient (Wildman–Crippen LogP) is 4.52. The van der Waals surface area contributed by atoms with Crippen LogP contribution in [0.25, 0.3) is 0 Å². The average molecular weight is 303 g/mol. The predicted molar refractivity (Wildman–Crippen MR) is 72.8 cm³/mol. The first-order valence-electron chi connectivity index (χ1n) is 5.14. The molecule has 0 aliphatic carbocycles. The van der Waals surface area contributed by atoms with Crippen molar-refractivity contribution in [1.82, 2.24) is 9.97 Å². The first-order chi connectivity index (χ1) is 8.58. The molecule has 1 heterocycles. The standard InChI is InChI=1S/C12H9Cl2FN2S/c1-7-11(13)16-10(17-12(7)14)6-18-9-5-3-2-4-8(9)15/h2-5H,6H2,1H3. The molecule has 2 nitrogen and oxygen atoms in total. The van der Waals surface area contributed by atoms with Crippen molar-refractivity contribution < 1.29 is 4.39 Å². The van der Waals surface area contributed by atoms with Gasteiger partial charge in [-0.3, -0.25) is 0 Å². The van der Waals surface area contributed by atoms with Gasteiger partial charge >= 0.3 is 0 Å². The van der Waals surface area contributed by atoms with E-state index in [4.69, 9.17) is 23.2 Å². The third-order valence-corrected chi connectivity index (χ3v) is 4.05. The fourth-order valence-corrected chi connectivity index (χ4v) is 2.49. The molecule has 0 saturated carbocycles. The summed E-state index contributed by atoms with van der Waals surface area (Å²) >= 11 is 13.1. The second kappa shape index (κ2) is 5.87. The summed E-state index contributed by atoms with van der Waals surface area (Å²) in [7, 11) is 0. The number of halogens is 3. The van der Waals surface area contributed by atoms with Gasteiger partial charge in [0.2, 0.25) is 0 Å². The van der Waals surface area contributed by atoms with E-state index < -0.39 is 0 Å². The smallest absolute Gasteiger partial charge is 0.142 e. The van der Waals surface area contributed by atoms with Crippen LogP contribution in [0.2, 0.25) is 10.3 Å². The highest BCUT2D eigenvalue weighted by Gasteiger charge is 2.09. The molecule has 0 atom stereocenters. The molecule has 0 spiro atoms. The lowest BCUT2D eigenvalue weighted by Gasteiger charge is -2.05. The summed E-state index contributed by atoms with van der Waals surface area (Å²) in [5.74, 6) is 0.649. The molecule has 2 aromatic rings. The Balaban J connectivity index is 2.14. The lowest BCUT2D eigenvalue weighted by Crippen LogP contribution is -1.96. The monoisotopic (exact) mass is 302 g/mol. The number of benzene rings is 1. The first kappa shape index (κ1) is 13.6. The quantitative estimate of drug-likeness (QED) is 0.615. The number of nitrogens with zero attached hydrogens (tertiary/aromatic N) is 2. The summed E-state index contributed by atoms with van der Waals surface area (Å²) in [5.41, 5.74) is 0.651. The van der Waals surface area contributed by atoms with Crippen molar-refractivity contribution in [1.29, 1.82) is 0 Å². The van der Waals surface area contributed by atoms with E-state index in [-0.39, 0.29) is 5.82 Å². The zero-order valence-electron chi connectivity index (χ0n) is 9.45. The van der Waals surface area contributed by atoms with Crippen molar-refractivity contribution in [2.24, 2.45) is 0 Å². The average Bonchev–Trinajstić information content (AvgIpc) is 2.35. The molecule has 94 valence electrons. The molecule has 0 bridgehead atoms. The number of aromatic nitrogens is 2. The van der Waals surface area contributed by atoms with Crippen molar-refractivity contribution in [2.45, 2.75) is 17.6 Å². The molecule has 0 fully saturated rings. The van der Waals surface area contributed by atoms with Gasteiger partial charge in [0, 0.05) is 10.5 Å². The van der Waals surface area contributed by atoms with Crippen molar-refractivity contribution in [2.75, 3.05) is 0 Å². The lowest BCUT2D eigenvalue weighted by molar-refractivity contribution is 0.602. The second-order valence-corrected chi connectivity index (χ2v) is 5.30. The minimum Gasteiger partial charge on any atom is -0.220 e. The zero-order chi connectivity index (χ0) is 13.1. The Morgan fingerprint density at radius 3 is 2.39 bits per heavy atom. The Morgan fingerprint density at radius 1 is 1.17 bits per heavy atom. The van der Waals surface area contributed by atoms with Crippen molar-refractivity contribution >= 4 is 35.0 Å². The largest absolute Gasteiger partial charge is 0.220 e. The van der Waals surface area contributed by atoms with Gasteiger partial charge in [-0.15, -0.1) is 11.8 Å². The van der Waals surface area contributed by atoms with E-state index in [0.29, 0.717) is 32.3 Å². The maximum absolute atomic E-state index is 13.4. The van der Waals surface area contributed by atoms with E-state index >= 15 is 0 Å². The van der Waals surface area contributed by atoms with Crippen LogP contribution in [0, 0.1) is 12.7 Å². The van der Waals surface area contributed by atoms with Crippen LogP contribution in [0.3, 0.4) is 0 Å². The molecule has 1 aromatic heterocycles.